The monoisotopic (exact) mass is 277 g/mol. The SMILES string of the molecule is Cc1cccc2nc(CNc3ccc(C#N)cn3)n(C)c12. The molecule has 0 amide bonds. The third-order valence-corrected chi connectivity index (χ3v) is 3.51. The lowest BCUT2D eigenvalue weighted by atomic mass is 10.2. The molecule has 5 nitrogen and oxygen atoms in total. The van der Waals surface area contributed by atoms with E-state index in [-0.39, 0.29) is 0 Å². The Morgan fingerprint density at radius 2 is 2.14 bits per heavy atom. The molecule has 2 aromatic heterocycles. The van der Waals surface area contributed by atoms with Crippen molar-refractivity contribution in [3.8, 4) is 6.07 Å². The predicted molar refractivity (Wildman–Crippen MR) is 81.7 cm³/mol. The number of pyridine rings is 1. The summed E-state index contributed by atoms with van der Waals surface area (Å²) in [6, 6.07) is 11.7. The number of hydrogen-bond donors (Lipinski definition) is 1. The summed E-state index contributed by atoms with van der Waals surface area (Å²) in [6.07, 6.45) is 1.56. The van der Waals surface area contributed by atoms with Crippen LogP contribution < -0.4 is 5.32 Å². The molecule has 3 aromatic rings. The molecule has 0 saturated heterocycles. The fourth-order valence-electron chi connectivity index (χ4n) is 2.41. The van der Waals surface area contributed by atoms with Crippen LogP contribution in [0.4, 0.5) is 5.82 Å². The van der Waals surface area contributed by atoms with Gasteiger partial charge < -0.3 is 9.88 Å². The van der Waals surface area contributed by atoms with Gasteiger partial charge in [0.05, 0.1) is 23.1 Å². The zero-order valence-corrected chi connectivity index (χ0v) is 12.0. The number of aromatic nitrogens is 3. The van der Waals surface area contributed by atoms with Crippen LogP contribution in [0.15, 0.2) is 36.5 Å². The third-order valence-electron chi connectivity index (χ3n) is 3.51. The average molecular weight is 277 g/mol. The Balaban J connectivity index is 1.83. The second-order valence-corrected chi connectivity index (χ2v) is 4.93. The lowest BCUT2D eigenvalue weighted by Crippen LogP contribution is -2.07. The first-order valence-corrected chi connectivity index (χ1v) is 6.70. The first kappa shape index (κ1) is 13.1. The first-order chi connectivity index (χ1) is 10.2. The van der Waals surface area contributed by atoms with Gasteiger partial charge in [0.25, 0.3) is 0 Å². The molecule has 21 heavy (non-hydrogen) atoms. The Bertz CT molecular complexity index is 824. The van der Waals surface area contributed by atoms with E-state index in [1.54, 1.807) is 18.3 Å². The van der Waals surface area contributed by atoms with E-state index in [4.69, 9.17) is 5.26 Å². The molecule has 0 atom stereocenters. The largest absolute Gasteiger partial charge is 0.363 e. The van der Waals surface area contributed by atoms with E-state index >= 15 is 0 Å². The zero-order valence-electron chi connectivity index (χ0n) is 12.0. The minimum Gasteiger partial charge on any atom is -0.363 e. The van der Waals surface area contributed by atoms with Crippen LogP contribution in [0.25, 0.3) is 11.0 Å². The average Bonchev–Trinajstić information content (AvgIpc) is 2.83. The molecule has 0 saturated carbocycles. The summed E-state index contributed by atoms with van der Waals surface area (Å²) in [5.74, 6) is 1.68. The van der Waals surface area contributed by atoms with Crippen molar-refractivity contribution in [2.75, 3.05) is 5.32 Å². The highest BCUT2D eigenvalue weighted by molar-refractivity contribution is 5.79. The van der Waals surface area contributed by atoms with Crippen LogP contribution in [0.3, 0.4) is 0 Å². The Kier molecular flexibility index (Phi) is 3.28. The number of anilines is 1. The van der Waals surface area contributed by atoms with E-state index in [1.807, 2.05) is 19.2 Å². The molecular formula is C16H15N5. The molecule has 0 spiro atoms. The minimum atomic E-state index is 0.555. The molecule has 3 rings (SSSR count). The molecule has 1 N–H and O–H groups in total. The lowest BCUT2D eigenvalue weighted by molar-refractivity contribution is 0.830. The number of imidazole rings is 1. The van der Waals surface area contributed by atoms with E-state index in [0.29, 0.717) is 12.1 Å². The molecule has 5 heteroatoms. The van der Waals surface area contributed by atoms with E-state index < -0.39 is 0 Å². The number of aryl methyl sites for hydroxylation is 2. The van der Waals surface area contributed by atoms with E-state index in [9.17, 15) is 0 Å². The molecule has 0 aliphatic heterocycles. The summed E-state index contributed by atoms with van der Waals surface area (Å²) < 4.78 is 2.10. The van der Waals surface area contributed by atoms with Crippen molar-refractivity contribution in [3.63, 3.8) is 0 Å². The Morgan fingerprint density at radius 3 is 2.81 bits per heavy atom. The van der Waals surface area contributed by atoms with Crippen LogP contribution in [0.2, 0.25) is 0 Å². The van der Waals surface area contributed by atoms with Crippen LogP contribution in [0, 0.1) is 18.3 Å². The van der Waals surface area contributed by atoms with Crippen molar-refractivity contribution < 1.29 is 0 Å². The van der Waals surface area contributed by atoms with E-state index in [2.05, 4.69) is 38.9 Å². The van der Waals surface area contributed by atoms with Crippen molar-refractivity contribution in [3.05, 3.63) is 53.5 Å². The van der Waals surface area contributed by atoms with E-state index in [0.717, 1.165) is 22.7 Å². The molecular weight excluding hydrogens is 262 g/mol. The van der Waals surface area contributed by atoms with Crippen molar-refractivity contribution in [2.45, 2.75) is 13.5 Å². The van der Waals surface area contributed by atoms with Crippen LogP contribution in [-0.2, 0) is 13.6 Å². The molecule has 0 bridgehead atoms. The first-order valence-electron chi connectivity index (χ1n) is 6.70. The Morgan fingerprint density at radius 1 is 1.29 bits per heavy atom. The lowest BCUT2D eigenvalue weighted by Gasteiger charge is -2.06. The normalized spacial score (nSPS) is 10.5. The number of fused-ring (bicyclic) bond motifs is 1. The highest BCUT2D eigenvalue weighted by Gasteiger charge is 2.09. The molecule has 2 heterocycles. The van der Waals surface area contributed by atoms with Crippen molar-refractivity contribution in [1.82, 2.24) is 14.5 Å². The second-order valence-electron chi connectivity index (χ2n) is 4.93. The van der Waals surface area contributed by atoms with Crippen molar-refractivity contribution >= 4 is 16.9 Å². The molecule has 104 valence electrons. The maximum absolute atomic E-state index is 8.76. The molecule has 0 fully saturated rings. The van der Waals surface area contributed by atoms with Crippen LogP contribution in [-0.4, -0.2) is 14.5 Å². The summed E-state index contributed by atoms with van der Waals surface area (Å²) >= 11 is 0. The molecule has 1 aromatic carbocycles. The van der Waals surface area contributed by atoms with E-state index in [1.165, 1.54) is 5.56 Å². The third kappa shape index (κ3) is 2.43. The number of rotatable bonds is 3. The Labute approximate surface area is 122 Å². The van der Waals surface area contributed by atoms with Gasteiger partial charge in [-0.2, -0.15) is 5.26 Å². The Hall–Kier alpha value is -2.87. The van der Waals surface area contributed by atoms with Gasteiger partial charge in [0.2, 0.25) is 0 Å². The van der Waals surface area contributed by atoms with Crippen molar-refractivity contribution in [2.24, 2.45) is 7.05 Å². The summed E-state index contributed by atoms with van der Waals surface area (Å²) in [5, 5.41) is 12.0. The highest BCUT2D eigenvalue weighted by atomic mass is 15.1. The van der Waals surface area contributed by atoms with Gasteiger partial charge in [-0.1, -0.05) is 12.1 Å². The maximum Gasteiger partial charge on any atom is 0.129 e. The molecule has 0 aliphatic rings. The number of benzene rings is 1. The van der Waals surface area contributed by atoms with Gasteiger partial charge in [0.15, 0.2) is 0 Å². The molecule has 0 aliphatic carbocycles. The van der Waals surface area contributed by atoms with Gasteiger partial charge in [-0.15, -0.1) is 0 Å². The number of para-hydroxylation sites is 1. The second kappa shape index (κ2) is 5.25. The summed E-state index contributed by atoms with van der Waals surface area (Å²) in [4.78, 5) is 8.84. The fraction of sp³-hybridized carbons (Fsp3) is 0.188. The topological polar surface area (TPSA) is 66.5 Å². The van der Waals surface area contributed by atoms with Gasteiger partial charge in [-0.05, 0) is 30.7 Å². The highest BCUT2D eigenvalue weighted by Crippen LogP contribution is 2.19. The van der Waals surface area contributed by atoms with Crippen LogP contribution in [0.1, 0.15) is 17.0 Å². The van der Waals surface area contributed by atoms with Gasteiger partial charge in [-0.3, -0.25) is 0 Å². The maximum atomic E-state index is 8.76. The van der Waals surface area contributed by atoms with Crippen LogP contribution in [0.5, 0.6) is 0 Å². The summed E-state index contributed by atoms with van der Waals surface area (Å²) in [5.41, 5.74) is 3.92. The minimum absolute atomic E-state index is 0.555. The fourth-order valence-corrected chi connectivity index (χ4v) is 2.41. The summed E-state index contributed by atoms with van der Waals surface area (Å²) in [7, 11) is 2.02. The quantitative estimate of drug-likeness (QED) is 0.799. The van der Waals surface area contributed by atoms with Crippen molar-refractivity contribution in [1.29, 1.82) is 5.26 Å². The van der Waals surface area contributed by atoms with Gasteiger partial charge in [-0.25, -0.2) is 9.97 Å². The molecule has 0 unspecified atom stereocenters. The van der Waals surface area contributed by atoms with Crippen LogP contribution >= 0.6 is 0 Å². The standard InChI is InChI=1S/C16H15N5/c1-11-4-3-5-13-16(11)21(2)15(20-13)10-19-14-7-6-12(8-17)9-18-14/h3-7,9H,10H2,1-2H3,(H,18,19). The smallest absolute Gasteiger partial charge is 0.129 e. The van der Waals surface area contributed by atoms with Gasteiger partial charge in [0, 0.05) is 13.2 Å². The van der Waals surface area contributed by atoms with Gasteiger partial charge >= 0.3 is 0 Å². The number of nitrogens with zero attached hydrogens (tertiary/aromatic N) is 4. The molecule has 0 radical (unpaired) electrons. The summed E-state index contributed by atoms with van der Waals surface area (Å²) in [6.45, 7) is 2.67. The predicted octanol–water partition coefficient (Wildman–Crippen LogP) is 2.76. The zero-order chi connectivity index (χ0) is 14.8. The number of nitrogens with one attached hydrogen (secondary N) is 1. The number of hydrogen-bond acceptors (Lipinski definition) is 4. The number of nitriles is 1. The van der Waals surface area contributed by atoms with Gasteiger partial charge in [0.1, 0.15) is 17.7 Å².